The first-order valence-electron chi connectivity index (χ1n) is 11.1. The van der Waals surface area contributed by atoms with Crippen LogP contribution in [-0.4, -0.2) is 26.3 Å². The minimum absolute atomic E-state index is 0.0188. The Morgan fingerprint density at radius 1 is 1.09 bits per heavy atom. The van der Waals surface area contributed by atoms with E-state index in [2.05, 4.69) is 35.0 Å². The first-order chi connectivity index (χ1) is 16.2. The summed E-state index contributed by atoms with van der Waals surface area (Å²) in [6.07, 6.45) is 2.01. The van der Waals surface area contributed by atoms with Crippen LogP contribution in [0.3, 0.4) is 0 Å². The second kappa shape index (κ2) is 7.84. The standard InChI is InChI=1S/C26H22N3O3S/c1-15-13-19(28-27)24-17-5-2-3-8-21(17)33-26(24)23(15)18-7-4-6-16-20(30)14-22(32-25(16)18)29-9-11-31-12-10-29/h2-8,13-15,23H,9-12H2,1H3/q+1. The Labute approximate surface area is 194 Å². The van der Waals surface area contributed by atoms with E-state index in [4.69, 9.17) is 9.15 Å². The molecule has 1 aliphatic carbocycles. The van der Waals surface area contributed by atoms with E-state index in [1.54, 1.807) is 17.4 Å². The van der Waals surface area contributed by atoms with Gasteiger partial charge in [-0.25, -0.2) is 0 Å². The van der Waals surface area contributed by atoms with E-state index in [1.807, 2.05) is 30.3 Å². The number of para-hydroxylation sites is 1. The van der Waals surface area contributed by atoms with Crippen molar-refractivity contribution in [2.24, 2.45) is 5.92 Å². The molecule has 1 fully saturated rings. The van der Waals surface area contributed by atoms with E-state index in [0.29, 0.717) is 48.9 Å². The number of benzene rings is 2. The van der Waals surface area contributed by atoms with Crippen LogP contribution in [0.2, 0.25) is 0 Å². The largest absolute Gasteiger partial charge is 0.440 e. The summed E-state index contributed by atoms with van der Waals surface area (Å²) < 4.78 is 13.0. The van der Waals surface area contributed by atoms with Crippen molar-refractivity contribution in [1.29, 1.82) is 5.39 Å². The Kier molecular flexibility index (Phi) is 4.79. The van der Waals surface area contributed by atoms with Gasteiger partial charge in [-0.3, -0.25) is 4.79 Å². The van der Waals surface area contributed by atoms with Gasteiger partial charge in [0.25, 0.3) is 0 Å². The van der Waals surface area contributed by atoms with Crippen molar-refractivity contribution in [3.63, 3.8) is 0 Å². The van der Waals surface area contributed by atoms with Gasteiger partial charge in [-0.2, -0.15) is 0 Å². The smallest absolute Gasteiger partial charge is 0.390 e. The molecule has 7 heteroatoms. The number of ether oxygens (including phenoxy) is 1. The van der Waals surface area contributed by atoms with E-state index >= 15 is 0 Å². The number of diazo groups is 1. The predicted molar refractivity (Wildman–Crippen MR) is 131 cm³/mol. The number of fused-ring (bicyclic) bond motifs is 4. The van der Waals surface area contributed by atoms with Crippen molar-refractivity contribution >= 4 is 44.0 Å². The third-order valence-electron chi connectivity index (χ3n) is 6.65. The van der Waals surface area contributed by atoms with E-state index in [1.165, 1.54) is 0 Å². The first kappa shape index (κ1) is 20.2. The SMILES string of the molecule is CC1C=C([N+]#N)c2c(sc3ccccc23)C1c1cccc2c(=O)cc(N3CCOCC3)oc12. The second-order valence-corrected chi connectivity index (χ2v) is 9.68. The average molecular weight is 457 g/mol. The molecule has 2 aromatic heterocycles. The van der Waals surface area contributed by atoms with Crippen molar-refractivity contribution in [1.82, 2.24) is 0 Å². The lowest BCUT2D eigenvalue weighted by Crippen LogP contribution is -2.36. The van der Waals surface area contributed by atoms with Gasteiger partial charge in [0, 0.05) is 51.7 Å². The van der Waals surface area contributed by atoms with E-state index in [9.17, 15) is 10.2 Å². The highest BCUT2D eigenvalue weighted by Crippen LogP contribution is 2.50. The lowest BCUT2D eigenvalue weighted by atomic mass is 9.78. The number of morpholine rings is 1. The summed E-state index contributed by atoms with van der Waals surface area (Å²) in [4.78, 5) is 19.9. The summed E-state index contributed by atoms with van der Waals surface area (Å²) in [6.45, 7) is 4.74. The maximum Gasteiger partial charge on any atom is 0.390 e. The van der Waals surface area contributed by atoms with Gasteiger partial charge in [0.2, 0.25) is 5.39 Å². The van der Waals surface area contributed by atoms with Crippen molar-refractivity contribution in [3.8, 4) is 0 Å². The molecule has 0 amide bonds. The molecule has 164 valence electrons. The van der Waals surface area contributed by atoms with Crippen LogP contribution in [0.4, 0.5) is 5.88 Å². The second-order valence-electron chi connectivity index (χ2n) is 8.60. The van der Waals surface area contributed by atoms with E-state index in [-0.39, 0.29) is 17.3 Å². The zero-order chi connectivity index (χ0) is 22.5. The van der Waals surface area contributed by atoms with Crippen LogP contribution in [0, 0.1) is 11.3 Å². The minimum Gasteiger partial charge on any atom is -0.440 e. The molecule has 0 N–H and O–H groups in total. The molecule has 2 atom stereocenters. The molecule has 0 saturated carbocycles. The number of anilines is 1. The molecule has 33 heavy (non-hydrogen) atoms. The third kappa shape index (κ3) is 3.17. The molecule has 2 aromatic carbocycles. The molecule has 2 aliphatic rings. The van der Waals surface area contributed by atoms with Crippen LogP contribution >= 0.6 is 11.3 Å². The molecule has 1 aliphatic heterocycles. The minimum atomic E-state index is -0.0405. The summed E-state index contributed by atoms with van der Waals surface area (Å²) in [5, 5.41) is 11.4. The van der Waals surface area contributed by atoms with Gasteiger partial charge in [-0.15, -0.1) is 11.3 Å². The van der Waals surface area contributed by atoms with Crippen molar-refractivity contribution in [2.75, 3.05) is 31.2 Å². The summed E-state index contributed by atoms with van der Waals surface area (Å²) in [5.74, 6) is 0.624. The van der Waals surface area contributed by atoms with Crippen molar-refractivity contribution < 1.29 is 9.15 Å². The summed E-state index contributed by atoms with van der Waals surface area (Å²) in [5.41, 5.74) is 3.13. The fourth-order valence-corrected chi connectivity index (χ4v) is 6.54. The highest BCUT2D eigenvalue weighted by atomic mass is 32.1. The fourth-order valence-electron chi connectivity index (χ4n) is 5.09. The van der Waals surface area contributed by atoms with Crippen LogP contribution in [0.25, 0.3) is 31.7 Å². The van der Waals surface area contributed by atoms with Crippen molar-refractivity contribution in [3.05, 3.63) is 85.8 Å². The average Bonchev–Trinajstić information content (AvgIpc) is 3.23. The molecule has 0 bridgehead atoms. The van der Waals surface area contributed by atoms with Gasteiger partial charge in [0.1, 0.15) is 5.58 Å². The molecule has 2 unspecified atom stereocenters. The predicted octanol–water partition coefficient (Wildman–Crippen LogP) is 5.82. The molecule has 0 radical (unpaired) electrons. The normalized spacial score (nSPS) is 20.5. The lowest BCUT2D eigenvalue weighted by Gasteiger charge is -2.28. The Hall–Kier alpha value is -3.47. The van der Waals surface area contributed by atoms with Crippen LogP contribution < -0.4 is 10.3 Å². The number of nitrogens with zero attached hydrogens (tertiary/aromatic N) is 3. The maximum atomic E-state index is 13.1. The van der Waals surface area contributed by atoms with Gasteiger partial charge < -0.3 is 14.1 Å². The zero-order valence-corrected chi connectivity index (χ0v) is 19.0. The zero-order valence-electron chi connectivity index (χ0n) is 18.2. The monoisotopic (exact) mass is 456 g/mol. The topological polar surface area (TPSA) is 70.8 Å². The molecule has 6 nitrogen and oxygen atoms in total. The fraction of sp³-hybridized carbons (Fsp3) is 0.269. The molecule has 0 spiro atoms. The Morgan fingerprint density at radius 2 is 1.88 bits per heavy atom. The number of hydrogen-bond donors (Lipinski definition) is 0. The number of hydrogen-bond acceptors (Lipinski definition) is 6. The third-order valence-corrected chi connectivity index (χ3v) is 7.90. The van der Waals surface area contributed by atoms with E-state index < -0.39 is 0 Å². The van der Waals surface area contributed by atoms with Crippen LogP contribution in [-0.2, 0) is 4.74 Å². The Balaban J connectivity index is 1.59. The lowest BCUT2D eigenvalue weighted by molar-refractivity contribution is 0.121. The van der Waals surface area contributed by atoms with Gasteiger partial charge in [0.15, 0.2) is 16.3 Å². The molecular formula is C26H22N3O3S+. The Bertz CT molecular complexity index is 1520. The Morgan fingerprint density at radius 3 is 2.70 bits per heavy atom. The summed E-state index contributed by atoms with van der Waals surface area (Å²) in [7, 11) is 0. The molecule has 1 saturated heterocycles. The van der Waals surface area contributed by atoms with E-state index in [0.717, 1.165) is 26.1 Å². The van der Waals surface area contributed by atoms with Gasteiger partial charge in [-0.1, -0.05) is 37.3 Å². The quantitative estimate of drug-likeness (QED) is 0.356. The molecule has 3 heterocycles. The number of thiophene rings is 1. The van der Waals surface area contributed by atoms with Gasteiger partial charge in [-0.05, 0) is 18.1 Å². The molecule has 6 rings (SSSR count). The highest BCUT2D eigenvalue weighted by Gasteiger charge is 2.38. The van der Waals surface area contributed by atoms with Gasteiger partial charge in [0.05, 0.1) is 24.2 Å². The maximum absolute atomic E-state index is 13.1. The van der Waals surface area contributed by atoms with Gasteiger partial charge >= 0.3 is 5.70 Å². The van der Waals surface area contributed by atoms with Crippen LogP contribution in [0.15, 0.2) is 63.8 Å². The van der Waals surface area contributed by atoms with Crippen LogP contribution in [0.1, 0.15) is 28.8 Å². The highest BCUT2D eigenvalue weighted by molar-refractivity contribution is 7.19. The number of rotatable bonds is 2. The number of allylic oxidation sites excluding steroid dienone is 1. The molecular weight excluding hydrogens is 434 g/mol. The van der Waals surface area contributed by atoms with Crippen molar-refractivity contribution in [2.45, 2.75) is 12.8 Å². The molecule has 4 aromatic rings. The first-order valence-corrected chi connectivity index (χ1v) is 12.0. The summed E-state index contributed by atoms with van der Waals surface area (Å²) in [6, 6.07) is 15.6. The summed E-state index contributed by atoms with van der Waals surface area (Å²) >= 11 is 1.71. The van der Waals surface area contributed by atoms with Crippen LogP contribution in [0.5, 0.6) is 0 Å².